The number of hydrogen-bond donors (Lipinski definition) is 1. The van der Waals surface area contributed by atoms with Crippen LogP contribution in [0.3, 0.4) is 0 Å². The van der Waals surface area contributed by atoms with Crippen molar-refractivity contribution in [3.8, 4) is 11.4 Å². The molecular weight excluding hydrogens is 401 g/mol. The number of hydrogen-bond acceptors (Lipinski definition) is 3. The van der Waals surface area contributed by atoms with E-state index in [0.717, 1.165) is 12.1 Å². The van der Waals surface area contributed by atoms with Gasteiger partial charge in [0.25, 0.3) is 0 Å². The molecule has 0 spiro atoms. The van der Waals surface area contributed by atoms with Crippen LogP contribution in [-0.2, 0) is 6.54 Å². The number of aryl methyl sites for hydroxylation is 1. The van der Waals surface area contributed by atoms with Gasteiger partial charge >= 0.3 is 0 Å². The number of tetrazole rings is 1. The Morgan fingerprint density at radius 1 is 1.13 bits per heavy atom. The first-order chi connectivity index (χ1) is 11.2. The Bertz CT molecular complexity index is 972. The minimum atomic E-state index is 0.618. The summed E-state index contributed by atoms with van der Waals surface area (Å²) in [4.78, 5) is 0. The van der Waals surface area contributed by atoms with Gasteiger partial charge in [-0.3, -0.25) is 0 Å². The van der Waals surface area contributed by atoms with Gasteiger partial charge < -0.3 is 4.57 Å². The SMILES string of the molecule is Cc1ccc(Cn2ccc3cc(-c4nn[nH]n4)ccc32)c(I)c1. The lowest BCUT2D eigenvalue weighted by atomic mass is 10.1. The third-order valence-corrected chi connectivity index (χ3v) is 4.93. The molecule has 0 radical (unpaired) electrons. The Morgan fingerprint density at radius 2 is 2.04 bits per heavy atom. The van der Waals surface area contributed by atoms with Crippen molar-refractivity contribution in [2.45, 2.75) is 13.5 Å². The van der Waals surface area contributed by atoms with Crippen LogP contribution >= 0.6 is 22.6 Å². The molecular formula is C17H14IN5. The normalized spacial score (nSPS) is 11.2. The molecule has 23 heavy (non-hydrogen) atoms. The van der Waals surface area contributed by atoms with Crippen molar-refractivity contribution in [1.29, 1.82) is 0 Å². The molecule has 0 atom stereocenters. The number of nitrogens with zero attached hydrogens (tertiary/aromatic N) is 4. The molecule has 114 valence electrons. The minimum absolute atomic E-state index is 0.618. The van der Waals surface area contributed by atoms with E-state index in [-0.39, 0.29) is 0 Å². The fourth-order valence-corrected chi connectivity index (χ4v) is 3.57. The van der Waals surface area contributed by atoms with Crippen LogP contribution in [0.4, 0.5) is 0 Å². The second kappa shape index (κ2) is 5.77. The van der Waals surface area contributed by atoms with Crippen molar-refractivity contribution in [2.75, 3.05) is 0 Å². The van der Waals surface area contributed by atoms with Gasteiger partial charge in [0.2, 0.25) is 5.82 Å². The van der Waals surface area contributed by atoms with Crippen LogP contribution in [0, 0.1) is 10.5 Å². The predicted molar refractivity (Wildman–Crippen MR) is 98.1 cm³/mol. The lowest BCUT2D eigenvalue weighted by Gasteiger charge is -2.09. The zero-order chi connectivity index (χ0) is 15.8. The summed E-state index contributed by atoms with van der Waals surface area (Å²) in [5.41, 5.74) is 4.79. The van der Waals surface area contributed by atoms with E-state index in [1.165, 1.54) is 25.6 Å². The summed E-state index contributed by atoms with van der Waals surface area (Å²) in [7, 11) is 0. The van der Waals surface area contributed by atoms with Crippen molar-refractivity contribution in [2.24, 2.45) is 0 Å². The van der Waals surface area contributed by atoms with Crippen molar-refractivity contribution in [3.63, 3.8) is 0 Å². The second-order valence-corrected chi connectivity index (χ2v) is 6.71. The van der Waals surface area contributed by atoms with Gasteiger partial charge in [-0.2, -0.15) is 5.21 Å². The first-order valence-corrected chi connectivity index (χ1v) is 8.36. The van der Waals surface area contributed by atoms with Gasteiger partial charge in [-0.15, -0.1) is 10.2 Å². The summed E-state index contributed by atoms with van der Waals surface area (Å²) in [5.74, 6) is 0.618. The molecule has 1 N–H and O–H groups in total. The minimum Gasteiger partial charge on any atom is -0.343 e. The quantitative estimate of drug-likeness (QED) is 0.518. The standard InChI is InChI=1S/C17H14IN5/c1-11-2-3-14(15(18)8-11)10-23-7-6-12-9-13(4-5-16(12)23)17-19-21-22-20-17/h2-9H,10H2,1H3,(H,19,20,21,22). The average molecular weight is 415 g/mol. The van der Waals surface area contributed by atoms with Crippen LogP contribution in [0.1, 0.15) is 11.1 Å². The van der Waals surface area contributed by atoms with Crippen LogP contribution in [0.15, 0.2) is 48.7 Å². The predicted octanol–water partition coefficient (Wildman–Crippen LogP) is 3.78. The molecule has 6 heteroatoms. The largest absolute Gasteiger partial charge is 0.343 e. The van der Waals surface area contributed by atoms with E-state index in [0.29, 0.717) is 5.82 Å². The van der Waals surface area contributed by atoms with Gasteiger partial charge in [0.1, 0.15) is 0 Å². The highest BCUT2D eigenvalue weighted by Gasteiger charge is 2.08. The number of rotatable bonds is 3. The Morgan fingerprint density at radius 3 is 2.83 bits per heavy atom. The van der Waals surface area contributed by atoms with Crippen LogP contribution in [0.25, 0.3) is 22.3 Å². The zero-order valence-corrected chi connectivity index (χ0v) is 14.7. The van der Waals surface area contributed by atoms with Crippen LogP contribution in [0.2, 0.25) is 0 Å². The summed E-state index contributed by atoms with van der Waals surface area (Å²) in [5, 5.41) is 15.3. The first kappa shape index (κ1) is 14.4. The van der Waals surface area contributed by atoms with Gasteiger partial charge in [-0.25, -0.2) is 0 Å². The molecule has 5 nitrogen and oxygen atoms in total. The molecule has 0 aliphatic heterocycles. The zero-order valence-electron chi connectivity index (χ0n) is 12.5. The number of aromatic nitrogens is 5. The third-order valence-electron chi connectivity index (χ3n) is 3.92. The molecule has 2 aromatic heterocycles. The maximum atomic E-state index is 4.03. The van der Waals surface area contributed by atoms with E-state index in [4.69, 9.17) is 0 Å². The fraction of sp³-hybridized carbons (Fsp3) is 0.118. The van der Waals surface area contributed by atoms with Crippen LogP contribution < -0.4 is 0 Å². The molecule has 0 fully saturated rings. The molecule has 0 aliphatic carbocycles. The van der Waals surface area contributed by atoms with Crippen LogP contribution in [-0.4, -0.2) is 25.2 Å². The number of halogens is 1. The number of fused-ring (bicyclic) bond motifs is 1. The maximum absolute atomic E-state index is 4.03. The summed E-state index contributed by atoms with van der Waals surface area (Å²) in [6, 6.07) is 15.0. The number of nitrogens with one attached hydrogen (secondary N) is 1. The van der Waals surface area contributed by atoms with Gasteiger partial charge in [-0.05, 0) is 70.6 Å². The van der Waals surface area contributed by atoms with Crippen LogP contribution in [0.5, 0.6) is 0 Å². The van der Waals surface area contributed by atoms with Crippen molar-refractivity contribution < 1.29 is 0 Å². The molecule has 0 saturated carbocycles. The molecule has 0 unspecified atom stereocenters. The number of aromatic amines is 1. The highest BCUT2D eigenvalue weighted by Crippen LogP contribution is 2.24. The van der Waals surface area contributed by atoms with E-state index >= 15 is 0 Å². The summed E-state index contributed by atoms with van der Waals surface area (Å²) in [6.45, 7) is 2.99. The van der Waals surface area contributed by atoms with Gasteiger partial charge in [0, 0.05) is 32.8 Å². The lowest BCUT2D eigenvalue weighted by molar-refractivity contribution is 0.832. The number of H-pyrrole nitrogens is 1. The molecule has 2 heterocycles. The van der Waals surface area contributed by atoms with E-state index in [1.807, 2.05) is 6.07 Å². The summed E-state index contributed by atoms with van der Waals surface area (Å²) >= 11 is 2.41. The van der Waals surface area contributed by atoms with E-state index in [9.17, 15) is 0 Å². The lowest BCUT2D eigenvalue weighted by Crippen LogP contribution is -2.00. The first-order valence-electron chi connectivity index (χ1n) is 7.28. The Kier molecular flexibility index (Phi) is 3.60. The summed E-state index contributed by atoms with van der Waals surface area (Å²) < 4.78 is 3.56. The maximum Gasteiger partial charge on any atom is 0.204 e. The molecule has 4 rings (SSSR count). The van der Waals surface area contributed by atoms with E-state index in [1.54, 1.807) is 0 Å². The molecule has 0 amide bonds. The van der Waals surface area contributed by atoms with E-state index < -0.39 is 0 Å². The van der Waals surface area contributed by atoms with Gasteiger partial charge in [0.05, 0.1) is 0 Å². The van der Waals surface area contributed by atoms with E-state index in [2.05, 4.69) is 97.3 Å². The Balaban J connectivity index is 1.71. The second-order valence-electron chi connectivity index (χ2n) is 5.55. The van der Waals surface area contributed by atoms with Crippen molar-refractivity contribution >= 4 is 33.5 Å². The third kappa shape index (κ3) is 2.74. The summed E-state index contributed by atoms with van der Waals surface area (Å²) in [6.07, 6.45) is 2.13. The topological polar surface area (TPSA) is 59.4 Å². The Hall–Kier alpha value is -2.22. The average Bonchev–Trinajstić information content (AvgIpc) is 3.20. The molecule has 4 aromatic rings. The monoisotopic (exact) mass is 415 g/mol. The molecule has 2 aromatic carbocycles. The fourth-order valence-electron chi connectivity index (χ4n) is 2.73. The van der Waals surface area contributed by atoms with Gasteiger partial charge in [-0.1, -0.05) is 17.7 Å². The highest BCUT2D eigenvalue weighted by atomic mass is 127. The van der Waals surface area contributed by atoms with Crippen molar-refractivity contribution in [3.05, 3.63) is 63.4 Å². The smallest absolute Gasteiger partial charge is 0.204 e. The molecule has 0 bridgehead atoms. The molecule has 0 saturated heterocycles. The Labute approximate surface area is 146 Å². The van der Waals surface area contributed by atoms with Crippen molar-refractivity contribution in [1.82, 2.24) is 25.2 Å². The number of benzene rings is 2. The molecule has 0 aliphatic rings. The highest BCUT2D eigenvalue weighted by molar-refractivity contribution is 14.1. The van der Waals surface area contributed by atoms with Gasteiger partial charge in [0.15, 0.2) is 0 Å².